The van der Waals surface area contributed by atoms with Crippen LogP contribution in [0.2, 0.25) is 10.0 Å². The maximum absolute atomic E-state index is 9.10. The largest absolute Gasteiger partial charge is 0.390 e. The first-order chi connectivity index (χ1) is 8.19. The molecule has 86 valence electrons. The van der Waals surface area contributed by atoms with Gasteiger partial charge in [0.1, 0.15) is 5.65 Å². The number of pyridine rings is 1. The summed E-state index contributed by atoms with van der Waals surface area (Å²) in [5.41, 5.74) is 2.19. The fourth-order valence-corrected chi connectivity index (χ4v) is 2.34. The summed E-state index contributed by atoms with van der Waals surface area (Å²) in [5, 5.41) is 11.3. The molecule has 0 aliphatic heterocycles. The summed E-state index contributed by atoms with van der Waals surface area (Å²) in [4.78, 5) is 4.26. The Labute approximate surface area is 107 Å². The Balaban J connectivity index is 2.51. The number of rotatable bonds is 1. The van der Waals surface area contributed by atoms with Crippen molar-refractivity contribution in [3.63, 3.8) is 0 Å². The summed E-state index contributed by atoms with van der Waals surface area (Å²) < 4.78 is 1.87. The zero-order valence-electron chi connectivity index (χ0n) is 8.69. The van der Waals surface area contributed by atoms with Crippen LogP contribution in [-0.4, -0.2) is 14.5 Å². The first-order valence-corrected chi connectivity index (χ1v) is 5.81. The Morgan fingerprint density at radius 2 is 2.06 bits per heavy atom. The predicted octanol–water partition coefficient (Wildman–Crippen LogP) is 3.29. The minimum absolute atomic E-state index is 0.0959. The molecule has 0 aliphatic carbocycles. The number of hydrogen-bond acceptors (Lipinski definition) is 2. The van der Waals surface area contributed by atoms with Gasteiger partial charge in [0.25, 0.3) is 0 Å². The summed E-state index contributed by atoms with van der Waals surface area (Å²) in [7, 11) is 0. The van der Waals surface area contributed by atoms with Crippen molar-refractivity contribution in [2.45, 2.75) is 6.61 Å². The van der Waals surface area contributed by atoms with Crippen molar-refractivity contribution in [3.05, 3.63) is 46.2 Å². The first-order valence-electron chi connectivity index (χ1n) is 5.05. The van der Waals surface area contributed by atoms with Gasteiger partial charge in [0.05, 0.1) is 22.8 Å². The van der Waals surface area contributed by atoms with Crippen molar-refractivity contribution < 1.29 is 5.11 Å². The van der Waals surface area contributed by atoms with Gasteiger partial charge in [-0.15, -0.1) is 0 Å². The monoisotopic (exact) mass is 266 g/mol. The number of imidazole rings is 1. The molecule has 0 unspecified atom stereocenters. The molecule has 3 nitrogen and oxygen atoms in total. The van der Waals surface area contributed by atoms with Crippen LogP contribution in [-0.2, 0) is 6.61 Å². The number of fused-ring (bicyclic) bond motifs is 3. The molecular weight excluding hydrogens is 259 g/mol. The van der Waals surface area contributed by atoms with Gasteiger partial charge < -0.3 is 5.11 Å². The van der Waals surface area contributed by atoms with Crippen LogP contribution >= 0.6 is 23.2 Å². The van der Waals surface area contributed by atoms with Gasteiger partial charge in [-0.25, -0.2) is 4.98 Å². The van der Waals surface area contributed by atoms with E-state index in [9.17, 15) is 0 Å². The molecule has 3 aromatic rings. The van der Waals surface area contributed by atoms with Crippen molar-refractivity contribution in [1.82, 2.24) is 9.38 Å². The van der Waals surface area contributed by atoms with Crippen molar-refractivity contribution >= 4 is 39.8 Å². The highest BCUT2D eigenvalue weighted by atomic mass is 35.5. The second-order valence-corrected chi connectivity index (χ2v) is 4.62. The van der Waals surface area contributed by atoms with Crippen LogP contribution < -0.4 is 0 Å². The summed E-state index contributed by atoms with van der Waals surface area (Å²) >= 11 is 12.2. The molecule has 5 heteroatoms. The van der Waals surface area contributed by atoms with E-state index < -0.39 is 0 Å². The highest BCUT2D eigenvalue weighted by molar-refractivity contribution is 6.36. The van der Waals surface area contributed by atoms with E-state index >= 15 is 0 Å². The van der Waals surface area contributed by atoms with E-state index in [1.807, 2.05) is 16.5 Å². The number of halogens is 2. The van der Waals surface area contributed by atoms with Crippen molar-refractivity contribution in [1.29, 1.82) is 0 Å². The topological polar surface area (TPSA) is 37.5 Å². The Morgan fingerprint density at radius 1 is 1.24 bits per heavy atom. The average Bonchev–Trinajstić information content (AvgIpc) is 2.72. The Morgan fingerprint density at radius 3 is 2.82 bits per heavy atom. The molecule has 0 bridgehead atoms. The summed E-state index contributed by atoms with van der Waals surface area (Å²) in [6, 6.07) is 7.28. The lowest BCUT2D eigenvalue weighted by Gasteiger charge is -2.04. The fraction of sp³-hybridized carbons (Fsp3) is 0.0833. The molecule has 2 aromatic heterocycles. The summed E-state index contributed by atoms with van der Waals surface area (Å²) in [5.74, 6) is 0. The predicted molar refractivity (Wildman–Crippen MR) is 68.6 cm³/mol. The molecule has 1 aromatic carbocycles. The lowest BCUT2D eigenvalue weighted by molar-refractivity contribution is 0.277. The van der Waals surface area contributed by atoms with E-state index in [1.165, 1.54) is 0 Å². The highest BCUT2D eigenvalue weighted by Gasteiger charge is 2.08. The first kappa shape index (κ1) is 10.8. The van der Waals surface area contributed by atoms with E-state index in [0.717, 1.165) is 10.9 Å². The lowest BCUT2D eigenvalue weighted by atomic mass is 10.2. The van der Waals surface area contributed by atoms with E-state index in [-0.39, 0.29) is 6.61 Å². The Hall–Kier alpha value is -1.29. The van der Waals surface area contributed by atoms with Crippen molar-refractivity contribution in [2.75, 3.05) is 0 Å². The minimum Gasteiger partial charge on any atom is -0.390 e. The van der Waals surface area contributed by atoms with Gasteiger partial charge in [0.15, 0.2) is 0 Å². The van der Waals surface area contributed by atoms with E-state index in [1.54, 1.807) is 18.3 Å². The Bertz CT molecular complexity index is 721. The molecule has 0 atom stereocenters. The van der Waals surface area contributed by atoms with Crippen molar-refractivity contribution in [3.8, 4) is 0 Å². The quantitative estimate of drug-likeness (QED) is 0.734. The minimum atomic E-state index is -0.0959. The Kier molecular flexibility index (Phi) is 2.47. The molecule has 3 rings (SSSR count). The van der Waals surface area contributed by atoms with Crippen LogP contribution in [0.1, 0.15) is 5.69 Å². The second kappa shape index (κ2) is 3.88. The van der Waals surface area contributed by atoms with Crippen LogP contribution in [0.4, 0.5) is 0 Å². The van der Waals surface area contributed by atoms with Crippen LogP contribution in [0.15, 0.2) is 30.5 Å². The molecule has 0 saturated carbocycles. The van der Waals surface area contributed by atoms with Crippen molar-refractivity contribution in [2.24, 2.45) is 0 Å². The molecule has 1 N–H and O–H groups in total. The van der Waals surface area contributed by atoms with Gasteiger partial charge in [0, 0.05) is 22.7 Å². The number of benzene rings is 1. The summed E-state index contributed by atoms with van der Waals surface area (Å²) in [6.07, 6.45) is 1.78. The smallest absolute Gasteiger partial charge is 0.139 e. The molecule has 0 spiro atoms. The zero-order chi connectivity index (χ0) is 12.0. The lowest BCUT2D eigenvalue weighted by Crippen LogP contribution is -1.87. The van der Waals surface area contributed by atoms with Gasteiger partial charge in [0.2, 0.25) is 0 Å². The number of nitrogens with zero attached hydrogens (tertiary/aromatic N) is 2. The van der Waals surface area contributed by atoms with E-state index in [4.69, 9.17) is 28.3 Å². The fourth-order valence-electron chi connectivity index (χ4n) is 1.91. The molecule has 0 amide bonds. The standard InChI is InChI=1S/C12H8Cl2N2O/c13-7-1-2-9-10(14)4-12-15-8(6-17)5-16(12)11(9)3-7/h1-5,17H,6H2. The third-order valence-corrected chi connectivity index (χ3v) is 3.23. The van der Waals surface area contributed by atoms with Crippen LogP contribution in [0.25, 0.3) is 16.6 Å². The molecule has 0 aliphatic rings. The molecule has 0 saturated heterocycles. The average molecular weight is 267 g/mol. The number of aliphatic hydroxyl groups is 1. The maximum atomic E-state index is 9.10. The van der Waals surface area contributed by atoms with Crippen LogP contribution in [0.3, 0.4) is 0 Å². The molecule has 17 heavy (non-hydrogen) atoms. The molecule has 2 heterocycles. The SMILES string of the molecule is OCc1cn2c(cc(Cl)c3ccc(Cl)cc32)n1. The van der Waals surface area contributed by atoms with E-state index in [0.29, 0.717) is 21.4 Å². The van der Waals surface area contributed by atoms with Gasteiger partial charge >= 0.3 is 0 Å². The molecule has 0 radical (unpaired) electrons. The van der Waals surface area contributed by atoms with Crippen LogP contribution in [0.5, 0.6) is 0 Å². The molecular formula is C12H8Cl2N2O. The molecule has 0 fully saturated rings. The third-order valence-electron chi connectivity index (χ3n) is 2.68. The summed E-state index contributed by atoms with van der Waals surface area (Å²) in [6.45, 7) is -0.0959. The number of hydrogen-bond donors (Lipinski definition) is 1. The van der Waals surface area contributed by atoms with Crippen LogP contribution in [0, 0.1) is 0 Å². The van der Waals surface area contributed by atoms with Gasteiger partial charge in [-0.3, -0.25) is 4.40 Å². The maximum Gasteiger partial charge on any atom is 0.139 e. The normalized spacial score (nSPS) is 11.5. The zero-order valence-corrected chi connectivity index (χ0v) is 10.2. The van der Waals surface area contributed by atoms with Gasteiger partial charge in [-0.2, -0.15) is 0 Å². The third kappa shape index (κ3) is 1.67. The second-order valence-electron chi connectivity index (χ2n) is 3.77. The van der Waals surface area contributed by atoms with Gasteiger partial charge in [-0.1, -0.05) is 23.2 Å². The number of aromatic nitrogens is 2. The van der Waals surface area contributed by atoms with E-state index in [2.05, 4.69) is 4.98 Å². The number of aliphatic hydroxyl groups excluding tert-OH is 1. The van der Waals surface area contributed by atoms with Gasteiger partial charge in [-0.05, 0) is 18.2 Å². The highest BCUT2D eigenvalue weighted by Crippen LogP contribution is 2.28.